The number of nitrogens with zero attached hydrogens (tertiary/aromatic N) is 5. The Morgan fingerprint density at radius 2 is 1.32 bits per heavy atom. The van der Waals surface area contributed by atoms with Gasteiger partial charge >= 0.3 is 5.97 Å². The maximum Gasteiger partial charge on any atom is 0.329 e. The number of nitrogens with two attached hydrogens (primary N) is 1. The summed E-state index contributed by atoms with van der Waals surface area (Å²) in [7, 11) is -1.47. The molecule has 2 unspecified atom stereocenters. The third kappa shape index (κ3) is 15.4. The summed E-state index contributed by atoms with van der Waals surface area (Å²) in [6, 6.07) is 49.9. The van der Waals surface area contributed by atoms with E-state index >= 15 is 0 Å². The zero-order chi connectivity index (χ0) is 66.0. The van der Waals surface area contributed by atoms with Crippen molar-refractivity contribution in [3.63, 3.8) is 0 Å². The second-order valence-electron chi connectivity index (χ2n) is 23.1. The molecular formula is C72H70N8O12S. The molecule has 9 aromatic carbocycles. The van der Waals surface area contributed by atoms with Crippen molar-refractivity contribution in [2.45, 2.75) is 83.3 Å². The number of fused-ring (bicyclic) bond motifs is 2. The number of piperidine rings is 1. The molecule has 0 aromatic heterocycles. The van der Waals surface area contributed by atoms with Crippen molar-refractivity contribution in [3.8, 4) is 28.4 Å². The number of aryl methyl sites for hydroxylation is 2. The summed E-state index contributed by atoms with van der Waals surface area (Å²) >= 11 is 0. The quantitative estimate of drug-likeness (QED) is 0.0153. The van der Waals surface area contributed by atoms with E-state index in [0.29, 0.717) is 101 Å². The number of esters is 1. The SMILES string of the molecule is CCC(C)(C)C(=O)C(=O)N1CCCCC1C(=O)OC(CCc1ccc(OC)c(OC)c1)c1cccc(OCC(=O)Nc2ccc(C(=O)Nc3c(N=Nc4ccc(-c5ccc(N=Nc6cc(S(=O)(=O)O)c7ccccc7c6N)cc5)cc4)cc(C)c4ccccc34)cc2)c1. The lowest BCUT2D eigenvalue weighted by Gasteiger charge is -2.36. The maximum atomic E-state index is 14.2. The Bertz CT molecular complexity index is 4480. The van der Waals surface area contributed by atoms with E-state index in [0.717, 1.165) is 33.0 Å². The molecule has 0 saturated carbocycles. The first-order valence-electron chi connectivity index (χ1n) is 30.3. The van der Waals surface area contributed by atoms with Gasteiger partial charge < -0.3 is 40.2 Å². The number of amides is 3. The van der Waals surface area contributed by atoms with Crippen molar-refractivity contribution < 1.29 is 55.9 Å². The number of Topliss-reactive ketones (excluding diaryl/α,β-unsaturated/α-hetero) is 1. The molecule has 0 radical (unpaired) electrons. The standard InChI is InChI=1S/C72H70N8O12S/c1-7-72(3,4)68(82)70(84)80-38-13-12-21-60(80)71(85)92-61(36-22-45-23-37-62(89-5)63(40-45)90-6)49-15-14-16-53(41-49)91-43-65(81)74-50-30-28-48(29-31-50)69(83)75-67-57-20-11-8-17-54(57)44(2)39-59(67)79-77-52-34-26-47(27-35-52)46-24-32-51(33-25-46)76-78-58-42-64(93(86,87)88)55-18-9-10-19-56(55)66(58)73/h8-11,14-20,23-35,37,39-42,60-61H,7,12-13,21-22,36,38,43,73H2,1-6H3,(H,74,81)(H,75,83)(H,86,87,88). The van der Waals surface area contributed by atoms with E-state index in [4.69, 9.17) is 24.7 Å². The first-order chi connectivity index (χ1) is 44.7. The first-order valence-corrected chi connectivity index (χ1v) is 31.7. The average molecular weight is 1270 g/mol. The number of hydrogen-bond acceptors (Lipinski definition) is 16. The Hall–Kier alpha value is -10.6. The number of hydrogen-bond donors (Lipinski definition) is 4. The summed E-state index contributed by atoms with van der Waals surface area (Å²) in [6.45, 7) is 7.14. The molecule has 0 bridgehead atoms. The van der Waals surface area contributed by atoms with E-state index in [1.165, 1.54) is 11.0 Å². The molecule has 476 valence electrons. The number of ether oxygens (including phenoxy) is 4. The number of carbonyl (C=O) groups excluding carboxylic acids is 5. The molecule has 2 atom stereocenters. The predicted octanol–water partition coefficient (Wildman–Crippen LogP) is 15.5. The normalized spacial score (nSPS) is 13.8. The number of benzene rings is 9. The molecule has 1 saturated heterocycles. The Morgan fingerprint density at radius 3 is 1.97 bits per heavy atom. The second kappa shape index (κ2) is 28.7. The average Bonchev–Trinajstić information content (AvgIpc) is 0.883. The molecule has 93 heavy (non-hydrogen) atoms. The van der Waals surface area contributed by atoms with Crippen LogP contribution < -0.4 is 30.6 Å². The summed E-state index contributed by atoms with van der Waals surface area (Å²) in [6.07, 6.45) is 2.11. The van der Waals surface area contributed by atoms with Crippen molar-refractivity contribution in [1.82, 2.24) is 4.90 Å². The third-order valence-corrected chi connectivity index (χ3v) is 17.4. The summed E-state index contributed by atoms with van der Waals surface area (Å²) < 4.78 is 57.6. The predicted molar refractivity (Wildman–Crippen MR) is 357 cm³/mol. The number of ketones is 1. The fourth-order valence-electron chi connectivity index (χ4n) is 10.9. The highest BCUT2D eigenvalue weighted by Crippen LogP contribution is 2.40. The lowest BCUT2D eigenvalue weighted by molar-refractivity contribution is -0.164. The van der Waals surface area contributed by atoms with Crippen molar-refractivity contribution in [2.24, 2.45) is 25.9 Å². The molecule has 0 spiro atoms. The fraction of sp³-hybridized carbons (Fsp3) is 0.236. The molecule has 21 heteroatoms. The number of azo groups is 2. The third-order valence-electron chi connectivity index (χ3n) is 16.5. The summed E-state index contributed by atoms with van der Waals surface area (Å²) in [5, 5.41) is 26.0. The number of nitrogens with one attached hydrogen (secondary N) is 2. The topological polar surface area (TPSA) is 279 Å². The molecular weight excluding hydrogens is 1200 g/mol. The van der Waals surface area contributed by atoms with Gasteiger partial charge in [0, 0.05) is 39.4 Å². The molecule has 1 aliphatic rings. The molecule has 0 aliphatic carbocycles. The number of anilines is 3. The van der Waals surface area contributed by atoms with Crippen LogP contribution in [-0.4, -0.2) is 80.8 Å². The molecule has 3 amide bonds. The molecule has 5 N–H and O–H groups in total. The van der Waals surface area contributed by atoms with Crippen LogP contribution in [0.1, 0.15) is 86.0 Å². The summed E-state index contributed by atoms with van der Waals surface area (Å²) in [5.74, 6) is -1.31. The smallest absolute Gasteiger partial charge is 0.329 e. The maximum absolute atomic E-state index is 14.2. The first kappa shape index (κ1) is 65.3. The van der Waals surface area contributed by atoms with Crippen molar-refractivity contribution >= 4 is 101 Å². The zero-order valence-electron chi connectivity index (χ0n) is 52.2. The van der Waals surface area contributed by atoms with Crippen LogP contribution in [0, 0.1) is 12.3 Å². The molecule has 9 aromatic rings. The lowest BCUT2D eigenvalue weighted by Crippen LogP contribution is -2.53. The van der Waals surface area contributed by atoms with E-state index in [1.807, 2.05) is 92.7 Å². The van der Waals surface area contributed by atoms with Crippen LogP contribution in [0.5, 0.6) is 17.2 Å². The molecule has 1 aliphatic heterocycles. The Kier molecular flexibility index (Phi) is 20.1. The van der Waals surface area contributed by atoms with Gasteiger partial charge in [-0.05, 0) is 164 Å². The van der Waals surface area contributed by atoms with Gasteiger partial charge in [0.25, 0.3) is 27.8 Å². The Labute approximate surface area is 538 Å². The van der Waals surface area contributed by atoms with E-state index in [1.54, 1.807) is 119 Å². The highest BCUT2D eigenvalue weighted by Gasteiger charge is 2.41. The van der Waals surface area contributed by atoms with E-state index in [-0.39, 0.29) is 34.8 Å². The van der Waals surface area contributed by atoms with E-state index < -0.39 is 57.2 Å². The van der Waals surface area contributed by atoms with Crippen LogP contribution in [0.25, 0.3) is 32.7 Å². The van der Waals surface area contributed by atoms with Gasteiger partial charge in [0.05, 0.1) is 37.0 Å². The van der Waals surface area contributed by atoms with E-state index in [2.05, 4.69) is 31.1 Å². The highest BCUT2D eigenvalue weighted by molar-refractivity contribution is 7.86. The Balaban J connectivity index is 0.780. The number of methoxy groups -OCH3 is 2. The lowest BCUT2D eigenvalue weighted by atomic mass is 9.84. The van der Waals surface area contributed by atoms with Gasteiger partial charge in [-0.2, -0.15) is 18.6 Å². The molecule has 1 fully saturated rings. The van der Waals surface area contributed by atoms with Gasteiger partial charge in [-0.1, -0.05) is 112 Å². The van der Waals surface area contributed by atoms with Gasteiger partial charge in [-0.3, -0.25) is 23.7 Å². The zero-order valence-corrected chi connectivity index (χ0v) is 53.0. The second-order valence-corrected chi connectivity index (χ2v) is 24.5. The fourth-order valence-corrected chi connectivity index (χ4v) is 11.7. The minimum atomic E-state index is -4.57. The van der Waals surface area contributed by atoms with Gasteiger partial charge in [0.2, 0.25) is 5.78 Å². The highest BCUT2D eigenvalue weighted by atomic mass is 32.2. The van der Waals surface area contributed by atoms with Crippen LogP contribution in [0.4, 0.5) is 39.8 Å². The van der Waals surface area contributed by atoms with Gasteiger partial charge in [0.1, 0.15) is 34.2 Å². The molecule has 20 nitrogen and oxygen atoms in total. The van der Waals surface area contributed by atoms with E-state index in [9.17, 15) is 36.9 Å². The largest absolute Gasteiger partial charge is 0.493 e. The van der Waals surface area contributed by atoms with Crippen LogP contribution in [-0.2, 0) is 40.5 Å². The summed E-state index contributed by atoms with van der Waals surface area (Å²) in [4.78, 5) is 69.7. The monoisotopic (exact) mass is 1270 g/mol. The minimum Gasteiger partial charge on any atom is -0.493 e. The number of nitrogen functional groups attached to an aromatic ring is 1. The minimum absolute atomic E-state index is 0.0912. The molecule has 10 rings (SSSR count). The van der Waals surface area contributed by atoms with Crippen molar-refractivity contribution in [2.75, 3.05) is 43.7 Å². The van der Waals surface area contributed by atoms with Gasteiger partial charge in [0.15, 0.2) is 18.1 Å². The number of rotatable bonds is 23. The van der Waals surface area contributed by atoms with Crippen molar-refractivity contribution in [3.05, 3.63) is 198 Å². The number of likely N-dealkylation sites (tertiary alicyclic amines) is 1. The van der Waals surface area contributed by atoms with Gasteiger partial charge in [-0.25, -0.2) is 4.79 Å². The summed E-state index contributed by atoms with van der Waals surface area (Å²) in [5.41, 5.74) is 12.5. The van der Waals surface area contributed by atoms with Crippen LogP contribution in [0.3, 0.4) is 0 Å². The van der Waals surface area contributed by atoms with Crippen LogP contribution in [0.2, 0.25) is 0 Å². The molecule has 1 heterocycles. The van der Waals surface area contributed by atoms with Crippen LogP contribution >= 0.6 is 0 Å². The Morgan fingerprint density at radius 1 is 0.688 bits per heavy atom. The van der Waals surface area contributed by atoms with Crippen LogP contribution in [0.15, 0.2) is 201 Å². The number of carbonyl (C=O) groups is 5. The van der Waals surface area contributed by atoms with Gasteiger partial charge in [-0.15, -0.1) is 10.2 Å². The van der Waals surface area contributed by atoms with Crippen molar-refractivity contribution in [1.29, 1.82) is 0 Å².